The van der Waals surface area contributed by atoms with E-state index in [9.17, 15) is 80.6 Å². The van der Waals surface area contributed by atoms with Crippen LogP contribution in [-0.4, -0.2) is 152 Å². The molecule has 8 N–H and O–H groups in total. The van der Waals surface area contributed by atoms with Crippen molar-refractivity contribution in [1.82, 2.24) is 29.1 Å². The maximum Gasteiger partial charge on any atom is 0.488 e. The van der Waals surface area contributed by atoms with Crippen molar-refractivity contribution in [3.05, 3.63) is 199 Å². The first-order chi connectivity index (χ1) is 53.1. The summed E-state index contributed by atoms with van der Waals surface area (Å²) in [6.45, 7) is 1.78. The van der Waals surface area contributed by atoms with Crippen molar-refractivity contribution in [3.63, 3.8) is 0 Å². The number of aliphatic hydroxyl groups excluding tert-OH is 3. The van der Waals surface area contributed by atoms with Crippen molar-refractivity contribution < 1.29 is 110 Å². The Morgan fingerprint density at radius 1 is 0.478 bits per heavy atom. The van der Waals surface area contributed by atoms with Crippen LogP contribution in [0.25, 0.3) is 11.1 Å². The van der Waals surface area contributed by atoms with E-state index in [2.05, 4.69) is 51.5 Å². The first-order valence-electron chi connectivity index (χ1n) is 34.4. The van der Waals surface area contributed by atoms with Crippen LogP contribution in [0.5, 0.6) is 17.2 Å². The zero-order valence-corrected chi connectivity index (χ0v) is 66.7. The average molecular weight is 1820 g/mol. The maximum atomic E-state index is 13.3. The van der Waals surface area contributed by atoms with Gasteiger partial charge in [0.2, 0.25) is 5.95 Å². The van der Waals surface area contributed by atoms with Crippen molar-refractivity contribution in [2.24, 2.45) is 0 Å². The fourth-order valence-electron chi connectivity index (χ4n) is 11.4. The van der Waals surface area contributed by atoms with E-state index in [0.717, 1.165) is 49.2 Å². The van der Waals surface area contributed by atoms with Gasteiger partial charge < -0.3 is 49.4 Å². The van der Waals surface area contributed by atoms with Gasteiger partial charge in [-0.3, -0.25) is 14.4 Å². The van der Waals surface area contributed by atoms with Gasteiger partial charge in [-0.2, -0.15) is 56.0 Å². The minimum absolute atomic E-state index is 0.0413. The fraction of sp³-hybridized carbons (Fsp3) is 0.333. The van der Waals surface area contributed by atoms with Crippen LogP contribution in [0.15, 0.2) is 182 Å². The number of benzene rings is 5. The molecule has 2 saturated heterocycles. The number of hydrogen-bond acceptors (Lipinski definition) is 22. The number of aliphatic hydroxyl groups is 3. The smallest absolute Gasteiger partial charge is 0.477 e. The zero-order valence-electron chi connectivity index (χ0n) is 58.8. The van der Waals surface area contributed by atoms with E-state index in [0.29, 0.717) is 113 Å². The van der Waals surface area contributed by atoms with E-state index in [1.165, 1.54) is 79.6 Å². The summed E-state index contributed by atoms with van der Waals surface area (Å²) in [6, 6.07) is 34.7. The molecule has 5 aromatic carbocycles. The number of β-amino-alcohol motifs (C(OH)–C–C–N with tert-alkyl or cyclic N) is 2. The summed E-state index contributed by atoms with van der Waals surface area (Å²) >= 11 is 24.6. The SMILES string of the molecule is O=C(NS(=O)(=O)c1cccc(F)n1)C1(Oc2cc(Cl)ccc2Br)CC1.O=C(NS(=O)(=O)c1cccc(N2CC[C@H](O)C2)n1)C1(Oc2cc(Cl)ccc2-c2cccc(C(F)(F)F)c2)CC1.O=C(NS(=O)(=O)c1cccc(N2CC[C@H](O)C2)n1)C1(Oc2cc(Cl)ccc2Br)CC1.OB(O)c1cccc(C(F)(F)F)c1.OC1CCCC1. The molecule has 6 fully saturated rings. The number of amides is 3. The largest absolute Gasteiger partial charge is 0.488 e. The molecule has 113 heavy (non-hydrogen) atoms. The lowest BCUT2D eigenvalue weighted by Gasteiger charge is -2.21. The Morgan fingerprint density at radius 2 is 0.850 bits per heavy atom. The number of alkyl halides is 6. The van der Waals surface area contributed by atoms with Crippen LogP contribution in [0.4, 0.5) is 42.4 Å². The molecule has 0 unspecified atom stereocenters. The summed E-state index contributed by atoms with van der Waals surface area (Å²) in [7, 11) is -14.8. The van der Waals surface area contributed by atoms with Crippen molar-refractivity contribution in [3.8, 4) is 28.4 Å². The molecule has 3 aromatic heterocycles. The van der Waals surface area contributed by atoms with Gasteiger partial charge in [-0.25, -0.2) is 29.1 Å². The highest BCUT2D eigenvalue weighted by Gasteiger charge is 2.57. The number of rotatable bonds is 19. The third-order valence-electron chi connectivity index (χ3n) is 17.9. The molecule has 604 valence electrons. The quantitative estimate of drug-likeness (QED) is 0.0212. The lowest BCUT2D eigenvalue weighted by molar-refractivity contribution is -0.138. The van der Waals surface area contributed by atoms with E-state index in [1.54, 1.807) is 58.3 Å². The monoisotopic (exact) mass is 1820 g/mol. The summed E-state index contributed by atoms with van der Waals surface area (Å²) in [5.41, 5.74) is -5.60. The Balaban J connectivity index is 0.000000163. The maximum absolute atomic E-state index is 13.3. The van der Waals surface area contributed by atoms with E-state index < -0.39 is 118 Å². The molecule has 2 aliphatic heterocycles. The van der Waals surface area contributed by atoms with Gasteiger partial charge in [0.25, 0.3) is 47.8 Å². The highest BCUT2D eigenvalue weighted by molar-refractivity contribution is 9.11. The Morgan fingerprint density at radius 3 is 1.22 bits per heavy atom. The molecule has 0 spiro atoms. The van der Waals surface area contributed by atoms with Gasteiger partial charge in [0.1, 0.15) is 28.9 Å². The number of nitrogens with zero attached hydrogens (tertiary/aromatic N) is 5. The molecule has 0 bridgehead atoms. The minimum Gasteiger partial charge on any atom is -0.477 e. The standard InChI is InChI=1S/C26H23ClF3N3O5S.C19H19BrClN3O5S.C15H11BrClFN2O4S.C7H6BF3O2.C5H10O/c27-18-7-8-20(16-3-1-4-17(13-16)26(28,29)30)21(14-18)38-25(10-11-25)24(35)32-39(36,37)23-6-2-5-22(31-23)33-12-9-19(34)15-33;20-14-5-4-12(21)10-15(14)29-19(7-8-19)18(26)23-30(27,28)17-3-1-2-16(22-17)24-9-6-13(25)11-24;16-10-5-4-9(17)8-11(10)24-15(6-7-15)14(21)20-25(22,23)13-3-1-2-12(18)19-13;9-7(10,11)5-2-1-3-6(4-5)8(12)13;6-5-3-1-2-4-5/h1-8,13-14,19,34H,9-12,15H2,(H,32,35);1-5,10,13,25H,6-9,11H2,(H,23,26);1-5,8H,6-7H2,(H,20,21);1-4,12-13H;5-6H,1-4H2/t19-;13-;;;/m00.../s1. The summed E-state index contributed by atoms with van der Waals surface area (Å²) in [5, 5.41) is 45.2. The van der Waals surface area contributed by atoms with Crippen molar-refractivity contribution in [2.45, 2.75) is 140 Å². The van der Waals surface area contributed by atoms with Gasteiger partial charge in [-0.1, -0.05) is 102 Å². The molecule has 2 atom stereocenters. The predicted octanol–water partition coefficient (Wildman–Crippen LogP) is 11.3. The summed E-state index contributed by atoms with van der Waals surface area (Å²) in [4.78, 5) is 53.5. The molecule has 5 heterocycles. The van der Waals surface area contributed by atoms with Gasteiger partial charge in [0.15, 0.2) is 31.9 Å². The number of aromatic nitrogens is 3. The lowest BCUT2D eigenvalue weighted by atomic mass is 9.79. The van der Waals surface area contributed by atoms with Crippen molar-refractivity contribution in [2.75, 3.05) is 36.0 Å². The Bertz CT molecular complexity index is 5180. The molecule has 41 heteroatoms. The first kappa shape index (κ1) is 87.4. The first-order valence-corrected chi connectivity index (χ1v) is 41.5. The van der Waals surface area contributed by atoms with Crippen LogP contribution in [0.1, 0.15) is 88.2 Å². The lowest BCUT2D eigenvalue weighted by Crippen LogP contribution is -2.43. The van der Waals surface area contributed by atoms with Gasteiger partial charge in [0.05, 0.1) is 38.4 Å². The van der Waals surface area contributed by atoms with Crippen LogP contribution in [0.3, 0.4) is 0 Å². The number of nitrogens with one attached hydrogen (secondary N) is 3. The van der Waals surface area contributed by atoms with Crippen LogP contribution < -0.4 is 43.6 Å². The highest BCUT2D eigenvalue weighted by atomic mass is 79.9. The predicted molar refractivity (Wildman–Crippen MR) is 408 cm³/mol. The Labute approximate surface area is 675 Å². The number of carbonyl (C=O) groups is 3. The second kappa shape index (κ2) is 36.0. The normalized spacial score (nSPS) is 17.8. The highest BCUT2D eigenvalue weighted by Crippen LogP contribution is 2.47. The number of sulfonamides is 3. The molecular formula is C72H69BBr2Cl3F7N8O17S3. The molecule has 4 aliphatic carbocycles. The summed E-state index contributed by atoms with van der Waals surface area (Å²) in [5.74, 6) is -1.98. The van der Waals surface area contributed by atoms with E-state index in [4.69, 9.17) is 64.2 Å². The zero-order chi connectivity index (χ0) is 82.2. The second-order valence-electron chi connectivity index (χ2n) is 26.6. The fourth-order valence-corrected chi connectivity index (χ4v) is 15.5. The number of pyridine rings is 3. The molecule has 25 nitrogen and oxygen atoms in total. The van der Waals surface area contributed by atoms with E-state index in [-0.39, 0.29) is 56.4 Å². The van der Waals surface area contributed by atoms with E-state index >= 15 is 0 Å². The van der Waals surface area contributed by atoms with Crippen LogP contribution >= 0.6 is 66.7 Å². The molecule has 3 amide bonds. The van der Waals surface area contributed by atoms with Crippen LogP contribution in [0, 0.1) is 5.95 Å². The molecule has 8 aromatic rings. The van der Waals surface area contributed by atoms with Gasteiger partial charge in [-0.05, 0) is 172 Å². The number of hydrogen-bond donors (Lipinski definition) is 8. The van der Waals surface area contributed by atoms with E-state index in [1.807, 2.05) is 9.44 Å². The van der Waals surface area contributed by atoms with Gasteiger partial charge >= 0.3 is 19.5 Å². The Hall–Kier alpha value is -7.99. The number of ether oxygens (including phenoxy) is 3. The number of halogens is 12. The average Bonchev–Trinajstić information content (AvgIpc) is 1.60. The van der Waals surface area contributed by atoms with Gasteiger partial charge in [0, 0.05) is 85.3 Å². The Kier molecular flexibility index (Phi) is 27.9. The minimum atomic E-state index is -4.56. The number of anilines is 2. The summed E-state index contributed by atoms with van der Waals surface area (Å²) < 4.78 is 190. The molecule has 6 aliphatic rings. The second-order valence-corrected chi connectivity index (χ2v) is 34.5. The molecule has 14 rings (SSSR count). The van der Waals surface area contributed by atoms with Crippen molar-refractivity contribution in [1.29, 1.82) is 0 Å². The molecule has 4 saturated carbocycles. The molecule has 0 radical (unpaired) electrons. The molecular weight excluding hydrogens is 1750 g/mol. The third-order valence-corrected chi connectivity index (χ3v) is 23.6. The number of carbonyl (C=O) groups excluding carboxylic acids is 3. The van der Waals surface area contributed by atoms with Crippen LogP contribution in [0.2, 0.25) is 15.1 Å². The third kappa shape index (κ3) is 23.4. The summed E-state index contributed by atoms with van der Waals surface area (Å²) in [6.07, 6.45) is -2.49. The van der Waals surface area contributed by atoms with Crippen molar-refractivity contribution >= 4 is 139 Å². The van der Waals surface area contributed by atoms with Crippen LogP contribution in [-0.2, 0) is 56.8 Å². The topological polar surface area (TPSA) is 364 Å². The van der Waals surface area contributed by atoms with Gasteiger partial charge in [-0.15, -0.1) is 0 Å².